The first-order chi connectivity index (χ1) is 8.69. The van der Waals surface area contributed by atoms with Crippen molar-refractivity contribution >= 4 is 16.0 Å². The standard InChI is InChI=1S/C10H12F3NO4S/c11-10(12,13)19(16,17)14-5-9(15)18-8-4-6-1-2-7(8)3-6/h1-2,6-8,14H,3-5H2. The minimum Gasteiger partial charge on any atom is -0.461 e. The van der Waals surface area contributed by atoms with Crippen LogP contribution in [0.5, 0.6) is 0 Å². The Morgan fingerprint density at radius 3 is 2.47 bits per heavy atom. The molecule has 19 heavy (non-hydrogen) atoms. The van der Waals surface area contributed by atoms with Crippen LogP contribution in [0.3, 0.4) is 0 Å². The van der Waals surface area contributed by atoms with E-state index >= 15 is 0 Å². The molecular formula is C10H12F3NO4S. The van der Waals surface area contributed by atoms with Crippen LogP contribution in [0.25, 0.3) is 0 Å². The molecule has 2 aliphatic rings. The first-order valence-electron chi connectivity index (χ1n) is 5.63. The summed E-state index contributed by atoms with van der Waals surface area (Å²) >= 11 is 0. The number of esters is 1. The summed E-state index contributed by atoms with van der Waals surface area (Å²) in [5, 5.41) is 0. The quantitative estimate of drug-likeness (QED) is 0.619. The van der Waals surface area contributed by atoms with E-state index in [0.717, 1.165) is 6.42 Å². The molecule has 1 fully saturated rings. The number of nitrogens with one attached hydrogen (secondary N) is 1. The van der Waals surface area contributed by atoms with E-state index in [1.54, 1.807) is 0 Å². The molecule has 0 aromatic heterocycles. The highest BCUT2D eigenvalue weighted by molar-refractivity contribution is 7.90. The second-order valence-corrected chi connectivity index (χ2v) is 6.34. The molecule has 1 saturated carbocycles. The van der Waals surface area contributed by atoms with Gasteiger partial charge in [-0.1, -0.05) is 12.2 Å². The molecule has 2 rings (SSSR count). The summed E-state index contributed by atoms with van der Waals surface area (Å²) in [6.07, 6.45) is 5.07. The Bertz CT molecular complexity index is 499. The topological polar surface area (TPSA) is 72.5 Å². The molecule has 1 N–H and O–H groups in total. The molecule has 5 nitrogen and oxygen atoms in total. The second kappa shape index (κ2) is 4.78. The van der Waals surface area contributed by atoms with Crippen molar-refractivity contribution < 1.29 is 31.1 Å². The van der Waals surface area contributed by atoms with Crippen LogP contribution in [0.1, 0.15) is 12.8 Å². The van der Waals surface area contributed by atoms with Gasteiger partial charge in [-0.25, -0.2) is 8.42 Å². The highest BCUT2D eigenvalue weighted by Gasteiger charge is 2.46. The van der Waals surface area contributed by atoms with Gasteiger partial charge in [-0.15, -0.1) is 0 Å². The van der Waals surface area contributed by atoms with Gasteiger partial charge in [0.15, 0.2) is 0 Å². The number of allylic oxidation sites excluding steroid dienone is 1. The molecule has 3 atom stereocenters. The number of carbonyl (C=O) groups excluding carboxylic acids is 1. The lowest BCUT2D eigenvalue weighted by molar-refractivity contribution is -0.148. The fraction of sp³-hybridized carbons (Fsp3) is 0.700. The molecule has 2 aliphatic carbocycles. The Kier molecular flexibility index (Phi) is 3.61. The predicted octanol–water partition coefficient (Wildman–Crippen LogP) is 0.933. The molecule has 2 bridgehead atoms. The molecule has 0 heterocycles. The van der Waals surface area contributed by atoms with Crippen molar-refractivity contribution in [3.8, 4) is 0 Å². The number of ether oxygens (including phenoxy) is 1. The van der Waals surface area contributed by atoms with Gasteiger partial charge in [0.2, 0.25) is 0 Å². The van der Waals surface area contributed by atoms with E-state index in [2.05, 4.69) is 0 Å². The maximum absolute atomic E-state index is 12.0. The second-order valence-electron chi connectivity index (χ2n) is 4.58. The van der Waals surface area contributed by atoms with Gasteiger partial charge in [0.25, 0.3) is 0 Å². The lowest BCUT2D eigenvalue weighted by Gasteiger charge is -2.19. The van der Waals surface area contributed by atoms with Crippen molar-refractivity contribution in [1.29, 1.82) is 0 Å². The van der Waals surface area contributed by atoms with Gasteiger partial charge < -0.3 is 4.74 Å². The van der Waals surface area contributed by atoms with Crippen molar-refractivity contribution in [3.05, 3.63) is 12.2 Å². The number of carbonyl (C=O) groups is 1. The summed E-state index contributed by atoms with van der Waals surface area (Å²) < 4.78 is 63.5. The van der Waals surface area contributed by atoms with Gasteiger partial charge in [0.05, 0.1) is 0 Å². The zero-order valence-corrected chi connectivity index (χ0v) is 10.5. The van der Waals surface area contributed by atoms with E-state index in [-0.39, 0.29) is 12.0 Å². The van der Waals surface area contributed by atoms with Crippen LogP contribution >= 0.6 is 0 Å². The fourth-order valence-corrected chi connectivity index (χ4v) is 2.78. The number of alkyl halides is 3. The molecule has 3 unspecified atom stereocenters. The summed E-state index contributed by atoms with van der Waals surface area (Å²) in [7, 11) is -5.50. The number of hydrogen-bond acceptors (Lipinski definition) is 4. The Labute approximate surface area is 107 Å². The van der Waals surface area contributed by atoms with Crippen LogP contribution in [0.4, 0.5) is 13.2 Å². The van der Waals surface area contributed by atoms with E-state index in [9.17, 15) is 26.4 Å². The van der Waals surface area contributed by atoms with E-state index in [1.165, 1.54) is 4.72 Å². The van der Waals surface area contributed by atoms with Gasteiger partial charge in [-0.2, -0.15) is 17.9 Å². The molecule has 0 aliphatic heterocycles. The van der Waals surface area contributed by atoms with Crippen LogP contribution < -0.4 is 4.72 Å². The van der Waals surface area contributed by atoms with Gasteiger partial charge in [-0.05, 0) is 18.8 Å². The minimum atomic E-state index is -5.50. The Balaban J connectivity index is 1.81. The van der Waals surface area contributed by atoms with Gasteiger partial charge >= 0.3 is 21.5 Å². The van der Waals surface area contributed by atoms with Gasteiger partial charge in [-0.3, -0.25) is 4.79 Å². The highest BCUT2D eigenvalue weighted by Crippen LogP contribution is 2.40. The summed E-state index contributed by atoms with van der Waals surface area (Å²) in [4.78, 5) is 11.3. The summed E-state index contributed by atoms with van der Waals surface area (Å²) in [6, 6.07) is 0. The maximum atomic E-state index is 12.0. The molecule has 0 amide bonds. The minimum absolute atomic E-state index is 0.0909. The molecule has 0 radical (unpaired) electrons. The first kappa shape index (κ1) is 14.3. The number of halogens is 3. The molecule has 0 aromatic rings. The van der Waals surface area contributed by atoms with E-state index in [4.69, 9.17) is 4.74 Å². The first-order valence-corrected chi connectivity index (χ1v) is 7.11. The Morgan fingerprint density at radius 1 is 1.32 bits per heavy atom. The van der Waals surface area contributed by atoms with Gasteiger partial charge in [0.1, 0.15) is 12.6 Å². The maximum Gasteiger partial charge on any atom is 0.511 e. The third-order valence-corrected chi connectivity index (χ3v) is 4.35. The average molecular weight is 299 g/mol. The van der Waals surface area contributed by atoms with Crippen LogP contribution in [-0.4, -0.2) is 32.5 Å². The van der Waals surface area contributed by atoms with Crippen LogP contribution in [-0.2, 0) is 19.6 Å². The summed E-state index contributed by atoms with van der Waals surface area (Å²) in [6.45, 7) is -1.01. The third-order valence-electron chi connectivity index (χ3n) is 3.21. The lowest BCUT2D eigenvalue weighted by atomic mass is 10.0. The van der Waals surface area contributed by atoms with Crippen LogP contribution in [0.2, 0.25) is 0 Å². The van der Waals surface area contributed by atoms with Crippen molar-refractivity contribution in [2.75, 3.05) is 6.54 Å². The van der Waals surface area contributed by atoms with Crippen molar-refractivity contribution in [2.45, 2.75) is 24.5 Å². The molecule has 9 heteroatoms. The average Bonchev–Trinajstić information content (AvgIpc) is 2.86. The van der Waals surface area contributed by atoms with E-state index in [0.29, 0.717) is 12.3 Å². The number of rotatable bonds is 4. The predicted molar refractivity (Wildman–Crippen MR) is 58.2 cm³/mol. The lowest BCUT2D eigenvalue weighted by Crippen LogP contribution is -2.40. The van der Waals surface area contributed by atoms with Crippen molar-refractivity contribution in [1.82, 2.24) is 4.72 Å². The number of fused-ring (bicyclic) bond motifs is 2. The Hall–Kier alpha value is -1.09. The number of hydrogen-bond donors (Lipinski definition) is 1. The Morgan fingerprint density at radius 2 is 2.00 bits per heavy atom. The van der Waals surface area contributed by atoms with Gasteiger partial charge in [0, 0.05) is 5.92 Å². The molecule has 0 spiro atoms. The fourth-order valence-electron chi connectivity index (χ4n) is 2.31. The van der Waals surface area contributed by atoms with Crippen molar-refractivity contribution in [2.24, 2.45) is 11.8 Å². The van der Waals surface area contributed by atoms with E-state index in [1.807, 2.05) is 12.2 Å². The number of sulfonamides is 1. The zero-order chi connectivity index (χ0) is 14.3. The molecule has 0 aromatic carbocycles. The third kappa shape index (κ3) is 3.08. The summed E-state index contributed by atoms with van der Waals surface area (Å²) in [5.41, 5.74) is -5.43. The molecule has 108 valence electrons. The normalized spacial score (nSPS) is 29.7. The molecule has 0 saturated heterocycles. The smallest absolute Gasteiger partial charge is 0.461 e. The van der Waals surface area contributed by atoms with Crippen molar-refractivity contribution in [3.63, 3.8) is 0 Å². The monoisotopic (exact) mass is 299 g/mol. The largest absolute Gasteiger partial charge is 0.511 e. The SMILES string of the molecule is O=C(CNS(=O)(=O)C(F)(F)F)OC1CC2C=CC1C2. The highest BCUT2D eigenvalue weighted by atomic mass is 32.2. The molecular weight excluding hydrogens is 287 g/mol. The summed E-state index contributed by atoms with van der Waals surface area (Å²) in [5.74, 6) is -0.568. The zero-order valence-electron chi connectivity index (χ0n) is 9.68. The van der Waals surface area contributed by atoms with Crippen LogP contribution in [0.15, 0.2) is 12.2 Å². The van der Waals surface area contributed by atoms with Crippen LogP contribution in [0, 0.1) is 11.8 Å². The van der Waals surface area contributed by atoms with E-state index < -0.39 is 28.0 Å².